The molecule has 0 aromatic heterocycles. The van der Waals surface area contributed by atoms with E-state index >= 15 is 0 Å². The Bertz CT molecular complexity index is 824. The number of rotatable bonds is 11. The number of benzene rings is 2. The smallest absolute Gasteiger partial charge is 0.105 e. The van der Waals surface area contributed by atoms with Crippen LogP contribution in [0.5, 0.6) is 0 Å². The van der Waals surface area contributed by atoms with Crippen LogP contribution in [0.1, 0.15) is 52.4 Å². The van der Waals surface area contributed by atoms with Crippen molar-refractivity contribution in [1.29, 1.82) is 0 Å². The molecule has 0 aliphatic heterocycles. The second-order valence-corrected chi connectivity index (χ2v) is 8.38. The fourth-order valence-electron chi connectivity index (χ4n) is 2.77. The molecule has 30 heavy (non-hydrogen) atoms. The van der Waals surface area contributed by atoms with E-state index in [1.807, 2.05) is 12.1 Å². The third-order valence-corrected chi connectivity index (χ3v) is 6.24. The Hall–Kier alpha value is -1.20. The predicted molar refractivity (Wildman–Crippen MR) is 130 cm³/mol. The lowest BCUT2D eigenvalue weighted by Crippen LogP contribution is -1.85. The van der Waals surface area contributed by atoms with Gasteiger partial charge in [0.05, 0.1) is 33.2 Å². The van der Waals surface area contributed by atoms with Crippen molar-refractivity contribution in [1.82, 2.24) is 0 Å². The molecule has 0 saturated heterocycles. The van der Waals surface area contributed by atoms with Crippen molar-refractivity contribution in [2.75, 3.05) is 13.1 Å². The normalized spacial score (nSPS) is 11.8. The predicted octanol–water partition coefficient (Wildman–Crippen LogP) is 10.5. The summed E-state index contributed by atoms with van der Waals surface area (Å²) in [5.74, 6) is 0. The van der Waals surface area contributed by atoms with E-state index in [0.717, 1.165) is 38.5 Å². The Morgan fingerprint density at radius 2 is 0.967 bits per heavy atom. The Morgan fingerprint density at radius 1 is 0.567 bits per heavy atom. The fraction of sp³-hybridized carbons (Fsp3) is 0.455. The maximum atomic E-state index is 6.51. The summed E-state index contributed by atoms with van der Waals surface area (Å²) in [4.78, 5) is 0. The van der Waals surface area contributed by atoms with E-state index < -0.39 is 0 Å². The highest BCUT2D eigenvalue weighted by atomic mass is 35.5. The number of azo groups is 2. The SMILES string of the molecule is CCCCC/N=N/c1ccc(-c2ccc(/N=N/CCCCC)c(Cl)c2Cl)c(Cl)c1Cl. The largest absolute Gasteiger partial charge is 0.189 e. The highest BCUT2D eigenvalue weighted by Crippen LogP contribution is 2.45. The highest BCUT2D eigenvalue weighted by Gasteiger charge is 2.17. The van der Waals surface area contributed by atoms with E-state index in [9.17, 15) is 0 Å². The molecule has 0 N–H and O–H groups in total. The van der Waals surface area contributed by atoms with Crippen molar-refractivity contribution in [2.45, 2.75) is 52.4 Å². The maximum Gasteiger partial charge on any atom is 0.105 e. The summed E-state index contributed by atoms with van der Waals surface area (Å²) >= 11 is 25.9. The standard InChI is InChI=1S/C22H26Cl4N4/c1-3-5-7-13-27-29-17-11-9-15(19(23)21(17)25)16-10-12-18(22(26)20(16)24)30-28-14-8-6-4-2/h9-12H,3-8,13-14H2,1-2H3/b29-27+,30-28+. The minimum atomic E-state index is 0.334. The zero-order chi connectivity index (χ0) is 21.9. The van der Waals surface area contributed by atoms with Crippen LogP contribution in [0.25, 0.3) is 11.1 Å². The van der Waals surface area contributed by atoms with Crippen molar-refractivity contribution in [3.8, 4) is 11.1 Å². The molecule has 0 unspecified atom stereocenters. The monoisotopic (exact) mass is 486 g/mol. The molecule has 0 heterocycles. The molecule has 0 radical (unpaired) electrons. The van der Waals surface area contributed by atoms with Crippen LogP contribution in [-0.2, 0) is 0 Å². The molecule has 0 spiro atoms. The van der Waals surface area contributed by atoms with Crippen molar-refractivity contribution in [3.63, 3.8) is 0 Å². The van der Waals surface area contributed by atoms with E-state index in [0.29, 0.717) is 55.7 Å². The van der Waals surface area contributed by atoms with Crippen LogP contribution in [0.3, 0.4) is 0 Å². The van der Waals surface area contributed by atoms with Gasteiger partial charge >= 0.3 is 0 Å². The van der Waals surface area contributed by atoms with Crippen LogP contribution in [-0.4, -0.2) is 13.1 Å². The van der Waals surface area contributed by atoms with E-state index in [1.54, 1.807) is 12.1 Å². The Labute approximate surface area is 198 Å². The number of nitrogens with zero attached hydrogens (tertiary/aromatic N) is 4. The average Bonchev–Trinajstić information content (AvgIpc) is 2.74. The highest BCUT2D eigenvalue weighted by molar-refractivity contribution is 6.47. The lowest BCUT2D eigenvalue weighted by Gasteiger charge is -2.11. The Kier molecular flexibility index (Phi) is 11.1. The Balaban J connectivity index is 2.22. The molecule has 0 saturated carbocycles. The van der Waals surface area contributed by atoms with Gasteiger partial charge in [-0.15, -0.1) is 0 Å². The van der Waals surface area contributed by atoms with Crippen LogP contribution in [0, 0.1) is 0 Å². The van der Waals surface area contributed by atoms with Crippen LogP contribution < -0.4 is 0 Å². The molecule has 162 valence electrons. The van der Waals surface area contributed by atoms with E-state index in [-0.39, 0.29) is 0 Å². The summed E-state index contributed by atoms with van der Waals surface area (Å²) in [5.41, 5.74) is 2.40. The van der Waals surface area contributed by atoms with Gasteiger partial charge in [-0.1, -0.05) is 98.1 Å². The van der Waals surface area contributed by atoms with Crippen LogP contribution in [0.2, 0.25) is 20.1 Å². The lowest BCUT2D eigenvalue weighted by atomic mass is 10.0. The van der Waals surface area contributed by atoms with Crippen LogP contribution in [0.15, 0.2) is 44.7 Å². The summed E-state index contributed by atoms with van der Waals surface area (Å²) < 4.78 is 0. The average molecular weight is 488 g/mol. The van der Waals surface area contributed by atoms with Gasteiger partial charge in [0.25, 0.3) is 0 Å². The molecule has 0 aliphatic rings. The molecule has 8 heteroatoms. The molecule has 2 rings (SSSR count). The molecule has 0 bridgehead atoms. The zero-order valence-corrected chi connectivity index (χ0v) is 20.3. The molecular weight excluding hydrogens is 462 g/mol. The summed E-state index contributed by atoms with van der Waals surface area (Å²) in [7, 11) is 0. The van der Waals surface area contributed by atoms with Gasteiger partial charge in [-0.05, 0) is 25.0 Å². The summed E-state index contributed by atoms with van der Waals surface area (Å²) in [5, 5.41) is 18.2. The lowest BCUT2D eigenvalue weighted by molar-refractivity contribution is 0.713. The molecule has 2 aromatic carbocycles. The first-order valence-corrected chi connectivity index (χ1v) is 11.7. The minimum Gasteiger partial charge on any atom is -0.189 e. The molecule has 0 atom stereocenters. The van der Waals surface area contributed by atoms with Crippen LogP contribution in [0.4, 0.5) is 11.4 Å². The van der Waals surface area contributed by atoms with Gasteiger partial charge < -0.3 is 0 Å². The fourth-order valence-corrected chi connectivity index (χ4v) is 3.69. The molecule has 4 nitrogen and oxygen atoms in total. The first kappa shape index (κ1) is 25.1. The third kappa shape index (κ3) is 6.91. The summed E-state index contributed by atoms with van der Waals surface area (Å²) in [6.07, 6.45) is 6.53. The second kappa shape index (κ2) is 13.3. The summed E-state index contributed by atoms with van der Waals surface area (Å²) in [6.45, 7) is 5.62. The molecular formula is C22H26Cl4N4. The van der Waals surface area contributed by atoms with E-state index in [4.69, 9.17) is 46.4 Å². The first-order valence-electron chi connectivity index (χ1n) is 10.2. The minimum absolute atomic E-state index is 0.334. The number of hydrogen-bond donors (Lipinski definition) is 0. The number of unbranched alkanes of at least 4 members (excludes halogenated alkanes) is 4. The Morgan fingerprint density at radius 3 is 1.33 bits per heavy atom. The maximum absolute atomic E-state index is 6.51. The number of halogens is 4. The quantitative estimate of drug-likeness (QED) is 0.223. The van der Waals surface area contributed by atoms with Gasteiger partial charge in [0, 0.05) is 11.1 Å². The number of hydrogen-bond acceptors (Lipinski definition) is 4. The molecule has 2 aromatic rings. The van der Waals surface area contributed by atoms with Gasteiger partial charge in [-0.2, -0.15) is 20.5 Å². The van der Waals surface area contributed by atoms with Gasteiger partial charge in [0.2, 0.25) is 0 Å². The van der Waals surface area contributed by atoms with Crippen LogP contribution >= 0.6 is 46.4 Å². The third-order valence-electron chi connectivity index (χ3n) is 4.49. The van der Waals surface area contributed by atoms with Gasteiger partial charge in [0.15, 0.2) is 0 Å². The van der Waals surface area contributed by atoms with Gasteiger partial charge in [0.1, 0.15) is 11.4 Å². The van der Waals surface area contributed by atoms with Gasteiger partial charge in [-0.3, -0.25) is 0 Å². The summed E-state index contributed by atoms with van der Waals surface area (Å²) in [6, 6.07) is 7.19. The second-order valence-electron chi connectivity index (χ2n) is 6.86. The topological polar surface area (TPSA) is 49.4 Å². The van der Waals surface area contributed by atoms with Crippen molar-refractivity contribution in [3.05, 3.63) is 44.4 Å². The first-order chi connectivity index (χ1) is 14.5. The van der Waals surface area contributed by atoms with Crippen molar-refractivity contribution >= 4 is 57.8 Å². The van der Waals surface area contributed by atoms with Crippen molar-refractivity contribution in [2.24, 2.45) is 20.5 Å². The molecule has 0 amide bonds. The molecule has 0 fully saturated rings. The van der Waals surface area contributed by atoms with E-state index in [1.165, 1.54) is 0 Å². The van der Waals surface area contributed by atoms with Crippen molar-refractivity contribution < 1.29 is 0 Å². The van der Waals surface area contributed by atoms with E-state index in [2.05, 4.69) is 34.3 Å². The van der Waals surface area contributed by atoms with Gasteiger partial charge in [-0.25, -0.2) is 0 Å². The zero-order valence-electron chi connectivity index (χ0n) is 17.3. The molecule has 0 aliphatic carbocycles.